The summed E-state index contributed by atoms with van der Waals surface area (Å²) in [5, 5.41) is 3.29. The van der Waals surface area contributed by atoms with Crippen molar-refractivity contribution in [1.82, 2.24) is 10.3 Å². The number of fused-ring (bicyclic) bond motifs is 1. The quantitative estimate of drug-likeness (QED) is 0.830. The standard InChI is InChI=1S/C12H15N3O/c1-13-9-6-7-15(8-9)12-14-10-4-2-3-5-11(10)16-12/h2-5,9,13H,6-8H2,1H3. The summed E-state index contributed by atoms with van der Waals surface area (Å²) >= 11 is 0. The molecule has 0 amide bonds. The summed E-state index contributed by atoms with van der Waals surface area (Å²) < 4.78 is 5.73. The van der Waals surface area contributed by atoms with E-state index < -0.39 is 0 Å². The molecule has 84 valence electrons. The zero-order valence-electron chi connectivity index (χ0n) is 9.31. The van der Waals surface area contributed by atoms with Gasteiger partial charge in [0.2, 0.25) is 0 Å². The monoisotopic (exact) mass is 217 g/mol. The van der Waals surface area contributed by atoms with E-state index in [0.29, 0.717) is 6.04 Å². The van der Waals surface area contributed by atoms with Gasteiger partial charge >= 0.3 is 0 Å². The highest BCUT2D eigenvalue weighted by Gasteiger charge is 2.24. The Kier molecular flexibility index (Phi) is 2.29. The largest absolute Gasteiger partial charge is 0.423 e. The Hall–Kier alpha value is -1.55. The lowest BCUT2D eigenvalue weighted by atomic mass is 10.3. The number of aromatic nitrogens is 1. The molecule has 0 spiro atoms. The number of rotatable bonds is 2. The lowest BCUT2D eigenvalue weighted by molar-refractivity contribution is 0.575. The second kappa shape index (κ2) is 3.79. The van der Waals surface area contributed by atoms with Crippen LogP contribution < -0.4 is 10.2 Å². The molecule has 1 aromatic heterocycles. The van der Waals surface area contributed by atoms with Gasteiger partial charge < -0.3 is 14.6 Å². The molecule has 2 heterocycles. The Morgan fingerprint density at radius 3 is 3.06 bits per heavy atom. The second-order valence-electron chi connectivity index (χ2n) is 4.18. The Morgan fingerprint density at radius 2 is 2.31 bits per heavy atom. The van der Waals surface area contributed by atoms with E-state index in [0.717, 1.165) is 36.6 Å². The Balaban J connectivity index is 1.89. The van der Waals surface area contributed by atoms with Gasteiger partial charge in [0.1, 0.15) is 5.52 Å². The van der Waals surface area contributed by atoms with Crippen molar-refractivity contribution in [2.24, 2.45) is 0 Å². The third-order valence-electron chi connectivity index (χ3n) is 3.15. The van der Waals surface area contributed by atoms with Crippen LogP contribution in [0.1, 0.15) is 6.42 Å². The number of nitrogens with one attached hydrogen (secondary N) is 1. The van der Waals surface area contributed by atoms with Gasteiger partial charge in [-0.05, 0) is 25.6 Å². The van der Waals surface area contributed by atoms with Crippen LogP contribution in [0.3, 0.4) is 0 Å². The summed E-state index contributed by atoms with van der Waals surface area (Å²) in [7, 11) is 2.00. The van der Waals surface area contributed by atoms with Crippen LogP contribution >= 0.6 is 0 Å². The van der Waals surface area contributed by atoms with Crippen LogP contribution in [0.25, 0.3) is 11.1 Å². The lowest BCUT2D eigenvalue weighted by Crippen LogP contribution is -2.29. The molecular formula is C12H15N3O. The molecule has 16 heavy (non-hydrogen) atoms. The van der Waals surface area contributed by atoms with Crippen molar-refractivity contribution in [2.75, 3.05) is 25.0 Å². The normalized spacial score (nSPS) is 20.8. The van der Waals surface area contributed by atoms with E-state index in [1.54, 1.807) is 0 Å². The van der Waals surface area contributed by atoms with Crippen LogP contribution in [0.15, 0.2) is 28.7 Å². The first-order valence-electron chi connectivity index (χ1n) is 5.64. The Bertz CT molecular complexity index is 461. The van der Waals surface area contributed by atoms with Crippen molar-refractivity contribution < 1.29 is 4.42 Å². The van der Waals surface area contributed by atoms with Gasteiger partial charge in [0.25, 0.3) is 6.01 Å². The number of para-hydroxylation sites is 2. The van der Waals surface area contributed by atoms with Gasteiger partial charge in [-0.15, -0.1) is 0 Å². The first-order valence-corrected chi connectivity index (χ1v) is 5.64. The fourth-order valence-electron chi connectivity index (χ4n) is 2.16. The Labute approximate surface area is 94.3 Å². The van der Waals surface area contributed by atoms with Crippen LogP contribution in [-0.4, -0.2) is 31.2 Å². The third kappa shape index (κ3) is 1.55. The number of nitrogens with zero attached hydrogens (tertiary/aromatic N) is 2. The minimum Gasteiger partial charge on any atom is -0.423 e. The molecule has 2 aromatic rings. The van der Waals surface area contributed by atoms with Gasteiger partial charge in [0, 0.05) is 19.1 Å². The molecule has 1 unspecified atom stereocenters. The molecule has 0 radical (unpaired) electrons. The molecular weight excluding hydrogens is 202 g/mol. The predicted octanol–water partition coefficient (Wildman–Crippen LogP) is 1.63. The minimum absolute atomic E-state index is 0.551. The summed E-state index contributed by atoms with van der Waals surface area (Å²) in [6, 6.07) is 9.19. The van der Waals surface area contributed by atoms with Gasteiger partial charge in [-0.25, -0.2) is 0 Å². The van der Waals surface area contributed by atoms with E-state index in [9.17, 15) is 0 Å². The Morgan fingerprint density at radius 1 is 1.44 bits per heavy atom. The molecule has 3 rings (SSSR count). The molecule has 0 bridgehead atoms. The molecule has 1 atom stereocenters. The number of anilines is 1. The number of likely N-dealkylation sites (N-methyl/N-ethyl adjacent to an activating group) is 1. The van der Waals surface area contributed by atoms with Crippen LogP contribution in [0.2, 0.25) is 0 Å². The summed E-state index contributed by atoms with van der Waals surface area (Å²) in [6.07, 6.45) is 1.15. The van der Waals surface area contributed by atoms with E-state index in [2.05, 4.69) is 15.2 Å². The summed E-state index contributed by atoms with van der Waals surface area (Å²) in [5.41, 5.74) is 1.80. The lowest BCUT2D eigenvalue weighted by Gasteiger charge is -2.12. The first-order chi connectivity index (χ1) is 7.86. The topological polar surface area (TPSA) is 41.3 Å². The maximum Gasteiger partial charge on any atom is 0.298 e. The van der Waals surface area contributed by atoms with Crippen molar-refractivity contribution in [3.63, 3.8) is 0 Å². The second-order valence-corrected chi connectivity index (χ2v) is 4.18. The fraction of sp³-hybridized carbons (Fsp3) is 0.417. The van der Waals surface area contributed by atoms with E-state index in [1.165, 1.54) is 0 Å². The van der Waals surface area contributed by atoms with Gasteiger partial charge in [-0.3, -0.25) is 0 Å². The molecule has 1 aliphatic heterocycles. The van der Waals surface area contributed by atoms with E-state index in [4.69, 9.17) is 4.42 Å². The van der Waals surface area contributed by atoms with Crippen LogP contribution in [0.5, 0.6) is 0 Å². The van der Waals surface area contributed by atoms with E-state index in [-0.39, 0.29) is 0 Å². The summed E-state index contributed by atoms with van der Waals surface area (Å²) in [6.45, 7) is 1.99. The zero-order valence-corrected chi connectivity index (χ0v) is 9.31. The van der Waals surface area contributed by atoms with Gasteiger partial charge in [0.15, 0.2) is 5.58 Å². The average Bonchev–Trinajstić information content (AvgIpc) is 2.95. The highest BCUT2D eigenvalue weighted by atomic mass is 16.4. The number of benzene rings is 1. The SMILES string of the molecule is CNC1CCN(c2nc3ccccc3o2)C1. The molecule has 1 N–H and O–H groups in total. The summed E-state index contributed by atoms with van der Waals surface area (Å²) in [4.78, 5) is 6.69. The van der Waals surface area contributed by atoms with Gasteiger partial charge in [-0.2, -0.15) is 4.98 Å². The van der Waals surface area contributed by atoms with Crippen LogP contribution in [-0.2, 0) is 0 Å². The van der Waals surface area contributed by atoms with Crippen molar-refractivity contribution in [1.29, 1.82) is 0 Å². The van der Waals surface area contributed by atoms with Crippen LogP contribution in [0, 0.1) is 0 Å². The fourth-order valence-corrected chi connectivity index (χ4v) is 2.16. The maximum atomic E-state index is 5.73. The van der Waals surface area contributed by atoms with Crippen molar-refractivity contribution in [2.45, 2.75) is 12.5 Å². The molecule has 0 saturated carbocycles. The smallest absolute Gasteiger partial charge is 0.298 e. The van der Waals surface area contributed by atoms with Gasteiger partial charge in [-0.1, -0.05) is 12.1 Å². The van der Waals surface area contributed by atoms with Crippen LogP contribution in [0.4, 0.5) is 6.01 Å². The number of hydrogen-bond acceptors (Lipinski definition) is 4. The van der Waals surface area contributed by atoms with Crippen molar-refractivity contribution >= 4 is 17.1 Å². The summed E-state index contributed by atoms with van der Waals surface area (Å²) in [5.74, 6) is 0. The molecule has 4 heteroatoms. The van der Waals surface area contributed by atoms with E-state index in [1.807, 2.05) is 31.3 Å². The molecule has 4 nitrogen and oxygen atoms in total. The van der Waals surface area contributed by atoms with Crippen molar-refractivity contribution in [3.8, 4) is 0 Å². The number of hydrogen-bond donors (Lipinski definition) is 1. The molecule has 1 saturated heterocycles. The molecule has 1 aliphatic rings. The predicted molar refractivity (Wildman–Crippen MR) is 63.7 cm³/mol. The average molecular weight is 217 g/mol. The third-order valence-corrected chi connectivity index (χ3v) is 3.15. The maximum absolute atomic E-state index is 5.73. The van der Waals surface area contributed by atoms with Crippen molar-refractivity contribution in [3.05, 3.63) is 24.3 Å². The molecule has 1 aromatic carbocycles. The zero-order chi connectivity index (χ0) is 11.0. The van der Waals surface area contributed by atoms with Gasteiger partial charge in [0.05, 0.1) is 0 Å². The molecule has 0 aliphatic carbocycles. The highest BCUT2D eigenvalue weighted by molar-refractivity contribution is 5.74. The minimum atomic E-state index is 0.551. The first kappa shape index (κ1) is 9.66. The molecule has 1 fully saturated rings. The number of oxazole rings is 1. The highest BCUT2D eigenvalue weighted by Crippen LogP contribution is 2.24. The van der Waals surface area contributed by atoms with E-state index >= 15 is 0 Å².